The van der Waals surface area contributed by atoms with Crippen molar-refractivity contribution in [2.75, 3.05) is 43.1 Å². The van der Waals surface area contributed by atoms with Gasteiger partial charge >= 0.3 is 12.2 Å². The molecule has 2 N–H and O–H groups in total. The van der Waals surface area contributed by atoms with Crippen molar-refractivity contribution in [1.82, 2.24) is 5.32 Å². The average Bonchev–Trinajstić information content (AvgIpc) is 3.13. The van der Waals surface area contributed by atoms with Gasteiger partial charge in [-0.15, -0.1) is 0 Å². The highest BCUT2D eigenvalue weighted by Gasteiger charge is 2.59. The van der Waals surface area contributed by atoms with Crippen LogP contribution in [0.2, 0.25) is 0 Å². The number of rotatable bonds is 3. The second-order valence-corrected chi connectivity index (χ2v) is 8.47. The van der Waals surface area contributed by atoms with Gasteiger partial charge in [-0.1, -0.05) is 13.8 Å². The topological polar surface area (TPSA) is 62.8 Å². The Morgan fingerprint density at radius 3 is 2.62 bits per heavy atom. The van der Waals surface area contributed by atoms with E-state index in [0.29, 0.717) is 38.6 Å². The summed E-state index contributed by atoms with van der Waals surface area (Å²) in [6.45, 7) is 6.84. The van der Waals surface area contributed by atoms with Gasteiger partial charge in [-0.05, 0) is 24.6 Å². The van der Waals surface area contributed by atoms with Gasteiger partial charge in [0.15, 0.2) is 0 Å². The van der Waals surface area contributed by atoms with E-state index in [1.54, 1.807) is 0 Å². The number of halogens is 3. The molecular weight excluding hydrogens is 387 g/mol. The minimum absolute atomic E-state index is 0.0763. The molecule has 1 saturated carbocycles. The maximum Gasteiger partial charge on any atom is 0.416 e. The second-order valence-electron chi connectivity index (χ2n) is 8.47. The number of carbonyl (C=O) groups is 1. The fraction of sp³-hybridized carbons (Fsp3) is 0.650. The molecule has 1 aromatic rings. The summed E-state index contributed by atoms with van der Waals surface area (Å²) < 4.78 is 50.7. The first-order valence-corrected chi connectivity index (χ1v) is 9.91. The summed E-state index contributed by atoms with van der Waals surface area (Å²) in [5.41, 5.74) is -0.292. The lowest BCUT2D eigenvalue weighted by atomic mass is 9.57. The molecule has 3 fully saturated rings. The Morgan fingerprint density at radius 1 is 1.21 bits per heavy atom. The van der Waals surface area contributed by atoms with Gasteiger partial charge in [0.05, 0.1) is 36.3 Å². The van der Waals surface area contributed by atoms with Crippen LogP contribution in [0.3, 0.4) is 0 Å². The van der Waals surface area contributed by atoms with Gasteiger partial charge in [0, 0.05) is 37.1 Å². The first-order chi connectivity index (χ1) is 13.7. The summed E-state index contributed by atoms with van der Waals surface area (Å²) in [6, 6.07) is 2.88. The smallest absolute Gasteiger partial charge is 0.378 e. The SMILES string of the molecule is CC1(C)[C@H](NC(=O)Nc2cc(C(F)(F)F)ccc2N2CCOCC2)[C@@H]2CCO[C@@H]21. The van der Waals surface area contributed by atoms with E-state index in [-0.39, 0.29) is 29.2 Å². The van der Waals surface area contributed by atoms with Crippen LogP contribution in [0.25, 0.3) is 0 Å². The van der Waals surface area contributed by atoms with Crippen LogP contribution in [0.15, 0.2) is 18.2 Å². The molecule has 0 aromatic heterocycles. The predicted molar refractivity (Wildman–Crippen MR) is 102 cm³/mol. The zero-order valence-electron chi connectivity index (χ0n) is 16.5. The summed E-state index contributed by atoms with van der Waals surface area (Å²) in [7, 11) is 0. The largest absolute Gasteiger partial charge is 0.416 e. The van der Waals surface area contributed by atoms with Crippen molar-refractivity contribution in [2.24, 2.45) is 11.3 Å². The zero-order valence-corrected chi connectivity index (χ0v) is 16.5. The quantitative estimate of drug-likeness (QED) is 0.797. The number of alkyl halides is 3. The minimum Gasteiger partial charge on any atom is -0.378 e. The summed E-state index contributed by atoms with van der Waals surface area (Å²) in [4.78, 5) is 14.6. The molecule has 2 amide bonds. The molecule has 9 heteroatoms. The van der Waals surface area contributed by atoms with Crippen molar-refractivity contribution in [3.05, 3.63) is 23.8 Å². The summed E-state index contributed by atoms with van der Waals surface area (Å²) in [6.07, 6.45) is -3.49. The number of fused-ring (bicyclic) bond motifs is 1. The minimum atomic E-state index is -4.49. The van der Waals surface area contributed by atoms with Crippen molar-refractivity contribution < 1.29 is 27.4 Å². The molecule has 1 aromatic carbocycles. The Balaban J connectivity index is 1.53. The first-order valence-electron chi connectivity index (χ1n) is 9.91. The molecule has 0 bridgehead atoms. The Labute approximate surface area is 167 Å². The average molecular weight is 413 g/mol. The van der Waals surface area contributed by atoms with Crippen LogP contribution >= 0.6 is 0 Å². The number of nitrogens with zero attached hydrogens (tertiary/aromatic N) is 1. The number of amides is 2. The molecule has 2 aliphatic heterocycles. The van der Waals surface area contributed by atoms with Crippen LogP contribution in [0.1, 0.15) is 25.8 Å². The molecule has 1 aliphatic carbocycles. The van der Waals surface area contributed by atoms with Crippen molar-refractivity contribution >= 4 is 17.4 Å². The molecule has 0 spiro atoms. The number of carbonyl (C=O) groups excluding carboxylic acids is 1. The third-order valence-electron chi connectivity index (χ3n) is 6.31. The van der Waals surface area contributed by atoms with Crippen LogP contribution in [0.4, 0.5) is 29.3 Å². The third-order valence-corrected chi connectivity index (χ3v) is 6.31. The Hall–Kier alpha value is -2.00. The number of urea groups is 1. The molecule has 4 rings (SSSR count). The van der Waals surface area contributed by atoms with Crippen LogP contribution < -0.4 is 15.5 Å². The maximum absolute atomic E-state index is 13.2. The van der Waals surface area contributed by atoms with Gasteiger partial charge < -0.3 is 25.0 Å². The first kappa shape index (κ1) is 20.3. The van der Waals surface area contributed by atoms with Crippen LogP contribution in [0.5, 0.6) is 0 Å². The number of hydrogen-bond acceptors (Lipinski definition) is 4. The van der Waals surface area contributed by atoms with E-state index in [0.717, 1.165) is 18.6 Å². The van der Waals surface area contributed by atoms with Crippen molar-refractivity contribution in [1.29, 1.82) is 0 Å². The van der Waals surface area contributed by atoms with Gasteiger partial charge in [0.2, 0.25) is 0 Å². The van der Waals surface area contributed by atoms with E-state index in [2.05, 4.69) is 10.6 Å². The lowest BCUT2D eigenvalue weighted by Crippen LogP contribution is -2.67. The molecule has 0 radical (unpaired) electrons. The number of morpholine rings is 1. The van der Waals surface area contributed by atoms with E-state index < -0.39 is 17.8 Å². The van der Waals surface area contributed by atoms with Crippen LogP contribution in [0, 0.1) is 11.3 Å². The molecular formula is C20H26F3N3O3. The van der Waals surface area contributed by atoms with Gasteiger partial charge in [-0.3, -0.25) is 0 Å². The molecule has 0 unspecified atom stereocenters. The van der Waals surface area contributed by atoms with Crippen molar-refractivity contribution in [3.8, 4) is 0 Å². The highest BCUT2D eigenvalue weighted by molar-refractivity contribution is 5.93. The van der Waals surface area contributed by atoms with Gasteiger partial charge in [0.25, 0.3) is 0 Å². The van der Waals surface area contributed by atoms with E-state index >= 15 is 0 Å². The van der Waals surface area contributed by atoms with Crippen LogP contribution in [-0.4, -0.2) is 51.1 Å². The molecule has 160 valence electrons. The fourth-order valence-electron chi connectivity index (χ4n) is 4.81. The van der Waals surface area contributed by atoms with Gasteiger partial charge in [-0.2, -0.15) is 13.2 Å². The van der Waals surface area contributed by atoms with E-state index in [9.17, 15) is 18.0 Å². The lowest BCUT2D eigenvalue weighted by molar-refractivity contribution is -0.137. The number of nitrogens with one attached hydrogen (secondary N) is 2. The molecule has 29 heavy (non-hydrogen) atoms. The third kappa shape index (κ3) is 3.77. The standard InChI is InChI=1S/C20H26F3N3O3/c1-19(2)16(13-5-8-29-17(13)19)25-18(27)24-14-11-12(20(21,22)23)3-4-15(14)26-6-9-28-10-7-26/h3-4,11,13,16-17H,5-10H2,1-2H3,(H2,24,25,27)/t13-,16+,17-/m0/s1. The highest BCUT2D eigenvalue weighted by Crippen LogP contribution is 2.52. The number of hydrogen-bond donors (Lipinski definition) is 2. The maximum atomic E-state index is 13.2. The monoisotopic (exact) mass is 413 g/mol. The molecule has 2 heterocycles. The summed E-state index contributed by atoms with van der Waals surface area (Å²) in [5.74, 6) is 0.246. The molecule has 3 atom stereocenters. The Morgan fingerprint density at radius 2 is 1.93 bits per heavy atom. The van der Waals surface area contributed by atoms with Crippen molar-refractivity contribution in [2.45, 2.75) is 38.6 Å². The van der Waals surface area contributed by atoms with Crippen LogP contribution in [-0.2, 0) is 15.7 Å². The normalized spacial score (nSPS) is 28.4. The van der Waals surface area contributed by atoms with E-state index in [1.165, 1.54) is 6.07 Å². The van der Waals surface area contributed by atoms with Gasteiger partial charge in [-0.25, -0.2) is 4.79 Å². The number of anilines is 2. The van der Waals surface area contributed by atoms with Gasteiger partial charge in [0.1, 0.15) is 0 Å². The lowest BCUT2D eigenvalue weighted by Gasteiger charge is -2.54. The number of benzene rings is 1. The van der Waals surface area contributed by atoms with Crippen molar-refractivity contribution in [3.63, 3.8) is 0 Å². The van der Waals surface area contributed by atoms with E-state index in [4.69, 9.17) is 9.47 Å². The Bertz CT molecular complexity index is 778. The summed E-state index contributed by atoms with van der Waals surface area (Å²) in [5, 5.41) is 5.62. The zero-order chi connectivity index (χ0) is 20.8. The second kappa shape index (κ2) is 7.36. The number of ether oxygens (including phenoxy) is 2. The molecule has 2 saturated heterocycles. The molecule has 3 aliphatic rings. The highest BCUT2D eigenvalue weighted by atomic mass is 19.4. The fourth-order valence-corrected chi connectivity index (χ4v) is 4.81. The Kier molecular flexibility index (Phi) is 5.14. The summed E-state index contributed by atoms with van der Waals surface area (Å²) >= 11 is 0. The van der Waals surface area contributed by atoms with E-state index in [1.807, 2.05) is 18.7 Å². The predicted octanol–water partition coefficient (Wildman–Crippen LogP) is 3.48. The molecule has 6 nitrogen and oxygen atoms in total.